The molecule has 23 heavy (non-hydrogen) atoms. The van der Waals surface area contributed by atoms with E-state index in [0.29, 0.717) is 18.6 Å². The van der Waals surface area contributed by atoms with E-state index in [4.69, 9.17) is 9.84 Å². The summed E-state index contributed by atoms with van der Waals surface area (Å²) in [7, 11) is 5.22. The Labute approximate surface area is 136 Å². The highest BCUT2D eigenvalue weighted by atomic mass is 16.5. The number of carboxylic acid groups (broad SMARTS) is 1. The molecule has 1 aromatic rings. The lowest BCUT2D eigenvalue weighted by atomic mass is 9.91. The molecule has 1 aliphatic rings. The molecule has 1 unspecified atom stereocenters. The predicted molar refractivity (Wildman–Crippen MR) is 86.7 cm³/mol. The Morgan fingerprint density at radius 2 is 2.09 bits per heavy atom. The van der Waals surface area contributed by atoms with Crippen LogP contribution >= 0.6 is 0 Å². The van der Waals surface area contributed by atoms with E-state index in [9.17, 15) is 9.59 Å². The Bertz CT molecular complexity index is 625. The van der Waals surface area contributed by atoms with Gasteiger partial charge in [-0.3, -0.25) is 4.79 Å². The van der Waals surface area contributed by atoms with E-state index in [0.717, 1.165) is 11.1 Å². The van der Waals surface area contributed by atoms with Gasteiger partial charge in [0.2, 0.25) is 0 Å². The van der Waals surface area contributed by atoms with Gasteiger partial charge in [0.1, 0.15) is 6.10 Å². The highest BCUT2D eigenvalue weighted by molar-refractivity contribution is 6.05. The Balaban J connectivity index is 2.29. The van der Waals surface area contributed by atoms with Gasteiger partial charge in [0.05, 0.1) is 13.2 Å². The maximum atomic E-state index is 12.4. The lowest BCUT2D eigenvalue weighted by Crippen LogP contribution is -2.33. The molecule has 124 valence electrons. The minimum atomic E-state index is -0.998. The molecule has 1 amide bonds. The molecule has 0 aromatic heterocycles. The fourth-order valence-corrected chi connectivity index (χ4v) is 2.59. The van der Waals surface area contributed by atoms with Crippen molar-refractivity contribution >= 4 is 11.9 Å². The molecule has 6 nitrogen and oxygen atoms in total. The van der Waals surface area contributed by atoms with Gasteiger partial charge in [-0.05, 0) is 17.5 Å². The molecule has 1 N–H and O–H groups in total. The van der Waals surface area contributed by atoms with E-state index in [2.05, 4.69) is 0 Å². The van der Waals surface area contributed by atoms with Crippen LogP contribution in [0.15, 0.2) is 30.5 Å². The van der Waals surface area contributed by atoms with Crippen LogP contribution in [0, 0.1) is 0 Å². The maximum Gasteiger partial charge on any atom is 0.407 e. The van der Waals surface area contributed by atoms with Crippen LogP contribution in [0.1, 0.15) is 27.6 Å². The number of hydrogen-bond donors (Lipinski definition) is 1. The summed E-state index contributed by atoms with van der Waals surface area (Å²) >= 11 is 0. The van der Waals surface area contributed by atoms with E-state index in [1.807, 2.05) is 32.3 Å². The Morgan fingerprint density at radius 3 is 2.74 bits per heavy atom. The first-order valence-electron chi connectivity index (χ1n) is 7.46. The molecule has 0 aliphatic carbocycles. The molecule has 1 aliphatic heterocycles. The number of carbonyl (C=O) groups is 2. The minimum absolute atomic E-state index is 0.0530. The second-order valence-electron chi connectivity index (χ2n) is 5.79. The zero-order valence-corrected chi connectivity index (χ0v) is 13.7. The normalized spacial score (nSPS) is 16.9. The Hall–Kier alpha value is -2.34. The van der Waals surface area contributed by atoms with Crippen LogP contribution in [-0.2, 0) is 11.2 Å². The molecule has 0 bridgehead atoms. The topological polar surface area (TPSA) is 70.1 Å². The average molecular weight is 318 g/mol. The second kappa shape index (κ2) is 7.28. The highest BCUT2D eigenvalue weighted by Crippen LogP contribution is 2.30. The number of likely N-dealkylation sites (N-methyl/N-ethyl adjacent to an activating group) is 1. The van der Waals surface area contributed by atoms with Gasteiger partial charge < -0.3 is 19.6 Å². The van der Waals surface area contributed by atoms with Crippen molar-refractivity contribution in [2.75, 3.05) is 34.3 Å². The van der Waals surface area contributed by atoms with Gasteiger partial charge in [-0.15, -0.1) is 0 Å². The van der Waals surface area contributed by atoms with Gasteiger partial charge in [-0.2, -0.15) is 0 Å². The van der Waals surface area contributed by atoms with Crippen molar-refractivity contribution < 1.29 is 19.4 Å². The monoisotopic (exact) mass is 318 g/mol. The fourth-order valence-electron chi connectivity index (χ4n) is 2.59. The van der Waals surface area contributed by atoms with Crippen LogP contribution in [0.5, 0.6) is 0 Å². The van der Waals surface area contributed by atoms with Crippen LogP contribution < -0.4 is 0 Å². The van der Waals surface area contributed by atoms with Crippen molar-refractivity contribution in [3.05, 3.63) is 47.2 Å². The summed E-state index contributed by atoms with van der Waals surface area (Å²) in [4.78, 5) is 26.4. The molecule has 0 spiro atoms. The summed E-state index contributed by atoms with van der Waals surface area (Å²) in [5.74, 6) is -0.0530. The molecule has 1 atom stereocenters. The highest BCUT2D eigenvalue weighted by Gasteiger charge is 2.26. The fraction of sp³-hybridized carbons (Fsp3) is 0.412. The van der Waals surface area contributed by atoms with Crippen molar-refractivity contribution in [3.63, 3.8) is 0 Å². The number of benzene rings is 1. The van der Waals surface area contributed by atoms with Gasteiger partial charge in [-0.25, -0.2) is 4.79 Å². The molecule has 1 aromatic carbocycles. The van der Waals surface area contributed by atoms with E-state index >= 15 is 0 Å². The first-order valence-corrected chi connectivity index (χ1v) is 7.46. The third kappa shape index (κ3) is 4.10. The Morgan fingerprint density at radius 1 is 1.35 bits per heavy atom. The summed E-state index contributed by atoms with van der Waals surface area (Å²) in [5, 5.41) is 9.03. The van der Waals surface area contributed by atoms with Gasteiger partial charge in [0, 0.05) is 39.0 Å². The molecule has 0 radical (unpaired) electrons. The molecular formula is C17H22N2O4. The number of amides is 1. The number of carbonyl (C=O) groups excluding carboxylic acids is 1. The van der Waals surface area contributed by atoms with Gasteiger partial charge >= 0.3 is 6.09 Å². The van der Waals surface area contributed by atoms with Crippen molar-refractivity contribution in [1.82, 2.24) is 9.80 Å². The van der Waals surface area contributed by atoms with E-state index in [1.165, 1.54) is 11.9 Å². The molecule has 0 saturated heterocycles. The van der Waals surface area contributed by atoms with Crippen molar-refractivity contribution in [3.8, 4) is 0 Å². The van der Waals surface area contributed by atoms with E-state index < -0.39 is 6.09 Å². The third-order valence-corrected chi connectivity index (χ3v) is 3.79. The molecule has 2 rings (SSSR count). The number of hydrogen-bond acceptors (Lipinski definition) is 4. The summed E-state index contributed by atoms with van der Waals surface area (Å²) in [6.07, 6.45) is 2.58. The van der Waals surface area contributed by atoms with E-state index in [-0.39, 0.29) is 18.4 Å². The van der Waals surface area contributed by atoms with Gasteiger partial charge in [0.25, 0.3) is 0 Å². The predicted octanol–water partition coefficient (Wildman–Crippen LogP) is 2.17. The van der Waals surface area contributed by atoms with Crippen LogP contribution in [0.25, 0.3) is 0 Å². The molecule has 1 heterocycles. The van der Waals surface area contributed by atoms with Crippen LogP contribution in [0.4, 0.5) is 4.79 Å². The maximum absolute atomic E-state index is 12.4. The standard InChI is InChI=1S/C17H22N2O4/c1-18(2)9-7-15(20)13-5-4-6-14-12(13)8-10-23-16(14)11-19(3)17(21)22/h4-7,9,16H,8,10-11H2,1-3H3,(H,21,22). The molecule has 0 saturated carbocycles. The number of ketones is 1. The van der Waals surface area contributed by atoms with E-state index in [1.54, 1.807) is 17.2 Å². The first kappa shape index (κ1) is 17.0. The van der Waals surface area contributed by atoms with Crippen LogP contribution in [0.2, 0.25) is 0 Å². The lowest BCUT2D eigenvalue weighted by Gasteiger charge is -2.29. The zero-order chi connectivity index (χ0) is 17.0. The van der Waals surface area contributed by atoms with Gasteiger partial charge in [-0.1, -0.05) is 18.2 Å². The molecule has 0 fully saturated rings. The summed E-state index contributed by atoms with van der Waals surface area (Å²) in [6, 6.07) is 5.53. The Kier molecular flexibility index (Phi) is 5.39. The number of rotatable bonds is 5. The lowest BCUT2D eigenvalue weighted by molar-refractivity contribution is 0.0222. The number of allylic oxidation sites excluding steroid dienone is 1. The molecular weight excluding hydrogens is 296 g/mol. The largest absolute Gasteiger partial charge is 0.465 e. The smallest absolute Gasteiger partial charge is 0.407 e. The van der Waals surface area contributed by atoms with Crippen molar-refractivity contribution in [2.24, 2.45) is 0 Å². The van der Waals surface area contributed by atoms with Crippen LogP contribution in [-0.4, -0.2) is 61.1 Å². The summed E-state index contributed by atoms with van der Waals surface area (Å²) in [6.45, 7) is 0.723. The first-order chi connectivity index (χ1) is 10.9. The van der Waals surface area contributed by atoms with Gasteiger partial charge in [0.15, 0.2) is 5.78 Å². The summed E-state index contributed by atoms with van der Waals surface area (Å²) < 4.78 is 5.72. The second-order valence-corrected chi connectivity index (χ2v) is 5.79. The number of ether oxygens (including phenoxy) is 1. The third-order valence-electron chi connectivity index (χ3n) is 3.79. The SMILES string of the molecule is CN(C)C=CC(=O)c1cccc2c1CCOC2CN(C)C(=O)O. The average Bonchev–Trinajstić information content (AvgIpc) is 2.52. The zero-order valence-electron chi connectivity index (χ0n) is 13.7. The van der Waals surface area contributed by atoms with Crippen molar-refractivity contribution in [2.45, 2.75) is 12.5 Å². The minimum Gasteiger partial charge on any atom is -0.465 e. The quantitative estimate of drug-likeness (QED) is 0.665. The number of nitrogens with zero attached hydrogens (tertiary/aromatic N) is 2. The molecule has 6 heteroatoms. The number of fused-ring (bicyclic) bond motifs is 1. The van der Waals surface area contributed by atoms with Crippen LogP contribution in [0.3, 0.4) is 0 Å². The van der Waals surface area contributed by atoms with Crippen molar-refractivity contribution in [1.29, 1.82) is 0 Å². The summed E-state index contributed by atoms with van der Waals surface area (Å²) in [5.41, 5.74) is 2.51.